The van der Waals surface area contributed by atoms with Crippen LogP contribution in [-0.4, -0.2) is 28.0 Å². The van der Waals surface area contributed by atoms with Gasteiger partial charge in [-0.3, -0.25) is 4.79 Å². The molecule has 0 unspecified atom stereocenters. The summed E-state index contributed by atoms with van der Waals surface area (Å²) in [5.74, 6) is 0.506. The van der Waals surface area contributed by atoms with Crippen molar-refractivity contribution in [2.45, 2.75) is 58.7 Å². The Balaban J connectivity index is 2.68. The van der Waals surface area contributed by atoms with E-state index in [0.29, 0.717) is 12.5 Å². The fraction of sp³-hybridized carbons (Fsp3) is 0.929. The summed E-state index contributed by atoms with van der Waals surface area (Å²) < 4.78 is 11.2. The average Bonchev–Trinajstić information content (AvgIpc) is 2.19. The van der Waals surface area contributed by atoms with Crippen LogP contribution in [0.5, 0.6) is 0 Å². The number of esters is 1. The molecule has 0 amide bonds. The van der Waals surface area contributed by atoms with Crippen molar-refractivity contribution in [3.63, 3.8) is 0 Å². The van der Waals surface area contributed by atoms with Crippen molar-refractivity contribution < 1.29 is 14.0 Å². The summed E-state index contributed by atoms with van der Waals surface area (Å²) in [4.78, 5) is 11.9. The van der Waals surface area contributed by atoms with Crippen molar-refractivity contribution in [2.75, 3.05) is 13.7 Å². The number of methoxy groups -OCH3 is 1. The first-order valence-corrected chi connectivity index (χ1v) is 9.67. The summed E-state index contributed by atoms with van der Waals surface area (Å²) in [5.41, 5.74) is -0.371. The first-order chi connectivity index (χ1) is 8.04. The summed E-state index contributed by atoms with van der Waals surface area (Å²) in [6.07, 6.45) is 1.79. The summed E-state index contributed by atoms with van der Waals surface area (Å²) in [6, 6.07) is 0. The topological polar surface area (TPSA) is 35.5 Å². The zero-order valence-electron chi connectivity index (χ0n) is 12.9. The third-order valence-corrected chi connectivity index (χ3v) is 9.09. The van der Waals surface area contributed by atoms with E-state index in [1.807, 2.05) is 0 Å². The molecule has 0 heterocycles. The van der Waals surface area contributed by atoms with Crippen LogP contribution in [0.3, 0.4) is 0 Å². The summed E-state index contributed by atoms with van der Waals surface area (Å²) in [6.45, 7) is 13.8. The van der Waals surface area contributed by atoms with Gasteiger partial charge in [-0.2, -0.15) is 0 Å². The molecule has 0 atom stereocenters. The van der Waals surface area contributed by atoms with E-state index in [0.717, 1.165) is 12.8 Å². The van der Waals surface area contributed by atoms with E-state index in [4.69, 9.17) is 9.16 Å². The number of carbonyl (C=O) groups excluding carboxylic acids is 1. The second-order valence-electron chi connectivity index (χ2n) is 7.33. The van der Waals surface area contributed by atoms with Crippen molar-refractivity contribution in [1.82, 2.24) is 0 Å². The minimum atomic E-state index is -1.79. The number of carbonyl (C=O) groups is 1. The lowest BCUT2D eigenvalue weighted by atomic mass is 9.63. The van der Waals surface area contributed by atoms with Crippen LogP contribution in [0.1, 0.15) is 40.5 Å². The van der Waals surface area contributed by atoms with Crippen LogP contribution in [0.4, 0.5) is 0 Å². The number of hydrogen-bond acceptors (Lipinski definition) is 3. The zero-order chi connectivity index (χ0) is 14.2. The monoisotopic (exact) mass is 272 g/mol. The van der Waals surface area contributed by atoms with Crippen LogP contribution in [0.2, 0.25) is 18.1 Å². The van der Waals surface area contributed by atoms with Gasteiger partial charge in [-0.05, 0) is 36.9 Å². The highest BCUT2D eigenvalue weighted by Gasteiger charge is 2.51. The maximum atomic E-state index is 11.9. The van der Waals surface area contributed by atoms with Gasteiger partial charge in [0.2, 0.25) is 0 Å². The standard InChI is InChI=1S/C14H28O3Si/c1-11-8-14(9-11,12(15)16-5)10-17-18(6,7)13(2,3)4/h11H,8-10H2,1-7H3. The van der Waals surface area contributed by atoms with E-state index in [2.05, 4.69) is 40.8 Å². The van der Waals surface area contributed by atoms with E-state index < -0.39 is 8.32 Å². The lowest BCUT2D eigenvalue weighted by molar-refractivity contribution is -0.165. The van der Waals surface area contributed by atoms with Crippen molar-refractivity contribution in [3.05, 3.63) is 0 Å². The van der Waals surface area contributed by atoms with Gasteiger partial charge in [-0.1, -0.05) is 27.7 Å². The Bertz CT molecular complexity index is 311. The van der Waals surface area contributed by atoms with Gasteiger partial charge in [0.15, 0.2) is 8.32 Å². The highest BCUT2D eigenvalue weighted by molar-refractivity contribution is 6.74. The number of ether oxygens (including phenoxy) is 1. The van der Waals surface area contributed by atoms with Crippen molar-refractivity contribution in [2.24, 2.45) is 11.3 Å². The van der Waals surface area contributed by atoms with Crippen LogP contribution in [-0.2, 0) is 14.0 Å². The fourth-order valence-corrected chi connectivity index (χ4v) is 3.44. The Morgan fingerprint density at radius 2 is 1.83 bits per heavy atom. The lowest BCUT2D eigenvalue weighted by Crippen LogP contribution is -2.51. The number of rotatable bonds is 4. The quantitative estimate of drug-likeness (QED) is 0.579. The van der Waals surface area contributed by atoms with Crippen molar-refractivity contribution in [3.8, 4) is 0 Å². The molecule has 1 saturated carbocycles. The van der Waals surface area contributed by atoms with Crippen LogP contribution in [0, 0.1) is 11.3 Å². The van der Waals surface area contributed by atoms with E-state index in [9.17, 15) is 4.79 Å². The molecule has 1 aliphatic rings. The van der Waals surface area contributed by atoms with Crippen LogP contribution in [0.15, 0.2) is 0 Å². The largest absolute Gasteiger partial charge is 0.469 e. The average molecular weight is 272 g/mol. The molecule has 0 spiro atoms. The van der Waals surface area contributed by atoms with Gasteiger partial charge in [0.1, 0.15) is 0 Å². The van der Waals surface area contributed by atoms with Crippen molar-refractivity contribution >= 4 is 14.3 Å². The fourth-order valence-electron chi connectivity index (χ4n) is 2.37. The summed E-state index contributed by atoms with van der Waals surface area (Å²) in [7, 11) is -0.314. The van der Waals surface area contributed by atoms with Gasteiger partial charge < -0.3 is 9.16 Å². The van der Waals surface area contributed by atoms with E-state index in [-0.39, 0.29) is 16.4 Å². The minimum absolute atomic E-state index is 0.0979. The minimum Gasteiger partial charge on any atom is -0.469 e. The normalized spacial score (nSPS) is 28.7. The third-order valence-electron chi connectivity index (χ3n) is 4.61. The Morgan fingerprint density at radius 1 is 1.33 bits per heavy atom. The van der Waals surface area contributed by atoms with Gasteiger partial charge in [-0.15, -0.1) is 0 Å². The zero-order valence-corrected chi connectivity index (χ0v) is 13.9. The Hall–Kier alpha value is -0.353. The second-order valence-corrected chi connectivity index (χ2v) is 12.1. The maximum absolute atomic E-state index is 11.9. The molecule has 1 aliphatic carbocycles. The SMILES string of the molecule is COC(=O)C1(CO[Si](C)(C)C(C)(C)C)CC(C)C1. The Morgan fingerprint density at radius 3 is 2.17 bits per heavy atom. The predicted molar refractivity (Wildman–Crippen MR) is 76.0 cm³/mol. The highest BCUT2D eigenvalue weighted by atomic mass is 28.4. The van der Waals surface area contributed by atoms with Gasteiger partial charge in [-0.25, -0.2) is 0 Å². The molecule has 0 radical (unpaired) electrons. The molecule has 3 nitrogen and oxygen atoms in total. The first-order valence-electron chi connectivity index (χ1n) is 6.76. The summed E-state index contributed by atoms with van der Waals surface area (Å²) in [5, 5.41) is 0.180. The molecule has 0 N–H and O–H groups in total. The molecule has 18 heavy (non-hydrogen) atoms. The predicted octanol–water partition coefficient (Wildman–Crippen LogP) is 3.60. The molecular formula is C14H28O3Si. The van der Waals surface area contributed by atoms with Gasteiger partial charge >= 0.3 is 5.97 Å². The summed E-state index contributed by atoms with van der Waals surface area (Å²) >= 11 is 0. The van der Waals surface area contributed by atoms with Gasteiger partial charge in [0.05, 0.1) is 19.1 Å². The molecule has 0 aromatic carbocycles. The molecule has 1 rings (SSSR count). The van der Waals surface area contributed by atoms with Crippen LogP contribution in [0.25, 0.3) is 0 Å². The van der Waals surface area contributed by atoms with E-state index in [1.54, 1.807) is 0 Å². The lowest BCUT2D eigenvalue weighted by Gasteiger charge is -2.46. The molecule has 106 valence electrons. The van der Waals surface area contributed by atoms with E-state index in [1.165, 1.54) is 7.11 Å². The Labute approximate surface area is 112 Å². The van der Waals surface area contributed by atoms with Crippen LogP contribution >= 0.6 is 0 Å². The van der Waals surface area contributed by atoms with Crippen LogP contribution < -0.4 is 0 Å². The smallest absolute Gasteiger partial charge is 0.314 e. The highest BCUT2D eigenvalue weighted by Crippen LogP contribution is 2.48. The number of hydrogen-bond donors (Lipinski definition) is 0. The second kappa shape index (κ2) is 4.97. The molecule has 0 saturated heterocycles. The molecule has 0 bridgehead atoms. The molecule has 1 fully saturated rings. The third kappa shape index (κ3) is 2.97. The molecule has 4 heteroatoms. The maximum Gasteiger partial charge on any atom is 0.314 e. The first kappa shape index (κ1) is 15.7. The van der Waals surface area contributed by atoms with Crippen molar-refractivity contribution in [1.29, 1.82) is 0 Å². The molecular weight excluding hydrogens is 244 g/mol. The molecule has 0 aromatic rings. The van der Waals surface area contributed by atoms with Gasteiger partial charge in [0.25, 0.3) is 0 Å². The molecule has 0 aromatic heterocycles. The molecule has 0 aliphatic heterocycles. The van der Waals surface area contributed by atoms with E-state index >= 15 is 0 Å². The Kier molecular flexibility index (Phi) is 4.33. The van der Waals surface area contributed by atoms with Gasteiger partial charge in [0, 0.05) is 0 Å².